The third-order valence-electron chi connectivity index (χ3n) is 10.6. The molecule has 0 radical (unpaired) electrons. The summed E-state index contributed by atoms with van der Waals surface area (Å²) in [4.78, 5) is 15.3. The largest absolute Gasteiger partial charge is 0.455 e. The number of fused-ring (bicyclic) bond motifs is 4. The SMILES string of the molecule is C1=CCCC(c2ccc(-c3ccc(-c4nc(-c5ccccc5)nc(-c5ccc(C6=CC7C=CC=CC7C=C6)cc5)n4)c4c3oc3ccccc34)cc2)=C1. The third kappa shape index (κ3) is 5.79. The molecular formula is C49H35N3O. The van der Waals surface area contributed by atoms with Crippen molar-refractivity contribution in [3.63, 3.8) is 0 Å². The summed E-state index contributed by atoms with van der Waals surface area (Å²) < 4.78 is 6.67. The summed E-state index contributed by atoms with van der Waals surface area (Å²) >= 11 is 0. The number of allylic oxidation sites excluding steroid dienone is 12. The van der Waals surface area contributed by atoms with Crippen molar-refractivity contribution >= 4 is 33.1 Å². The Hall–Kier alpha value is -6.65. The van der Waals surface area contributed by atoms with Crippen LogP contribution >= 0.6 is 0 Å². The van der Waals surface area contributed by atoms with Gasteiger partial charge >= 0.3 is 0 Å². The van der Waals surface area contributed by atoms with Gasteiger partial charge in [0.05, 0.1) is 0 Å². The highest BCUT2D eigenvalue weighted by Gasteiger charge is 2.22. The van der Waals surface area contributed by atoms with Crippen LogP contribution in [0.3, 0.4) is 0 Å². The fourth-order valence-electron chi connectivity index (χ4n) is 7.77. The lowest BCUT2D eigenvalue weighted by molar-refractivity contribution is 0.663. The number of para-hydroxylation sites is 1. The van der Waals surface area contributed by atoms with Gasteiger partial charge in [-0.1, -0.05) is 158 Å². The minimum Gasteiger partial charge on any atom is -0.455 e. The van der Waals surface area contributed by atoms with Gasteiger partial charge < -0.3 is 4.42 Å². The zero-order chi connectivity index (χ0) is 35.1. The van der Waals surface area contributed by atoms with Crippen molar-refractivity contribution in [1.82, 2.24) is 15.0 Å². The number of nitrogens with zero attached hydrogens (tertiary/aromatic N) is 3. The number of benzene rings is 5. The van der Waals surface area contributed by atoms with E-state index in [1.807, 2.05) is 42.5 Å². The van der Waals surface area contributed by atoms with Gasteiger partial charge in [0.1, 0.15) is 11.2 Å². The van der Waals surface area contributed by atoms with Crippen LogP contribution in [0.5, 0.6) is 0 Å². The van der Waals surface area contributed by atoms with Gasteiger partial charge in [-0.25, -0.2) is 15.0 Å². The van der Waals surface area contributed by atoms with Gasteiger partial charge in [-0.15, -0.1) is 0 Å². The molecule has 0 spiro atoms. The molecule has 3 aliphatic carbocycles. The highest BCUT2D eigenvalue weighted by molar-refractivity contribution is 6.15. The normalized spacial score (nSPS) is 17.6. The standard InChI is InChI=1S/C49H35N3O/c1-3-11-32(12-4-1)34-19-24-36(25-20-34)41-29-30-43(45-42-17-9-10-18-44(42)53-46(41)45)49-51-47(37-14-5-2-6-15-37)50-48(52-49)38-26-21-35(22-27-38)40-28-23-33-13-7-8-16-39(33)31-40/h1-3,5-11,13-31,33,39H,4,12H2. The Labute approximate surface area is 308 Å². The van der Waals surface area contributed by atoms with Crippen LogP contribution in [0.1, 0.15) is 24.0 Å². The van der Waals surface area contributed by atoms with Crippen molar-refractivity contribution in [3.8, 4) is 45.3 Å². The molecule has 3 aliphatic rings. The minimum absolute atomic E-state index is 0.387. The van der Waals surface area contributed by atoms with Crippen LogP contribution in [0.4, 0.5) is 0 Å². The summed E-state index contributed by atoms with van der Waals surface area (Å²) in [7, 11) is 0. The Morgan fingerprint density at radius 1 is 0.528 bits per heavy atom. The monoisotopic (exact) mass is 681 g/mol. The summed E-state index contributed by atoms with van der Waals surface area (Å²) in [6.45, 7) is 0. The second kappa shape index (κ2) is 13.2. The van der Waals surface area contributed by atoms with Crippen LogP contribution in [0, 0.1) is 11.8 Å². The van der Waals surface area contributed by atoms with Gasteiger partial charge in [-0.3, -0.25) is 0 Å². The summed E-state index contributed by atoms with van der Waals surface area (Å²) in [5, 5.41) is 2.02. The van der Waals surface area contributed by atoms with Crippen molar-refractivity contribution < 1.29 is 4.42 Å². The quantitative estimate of drug-likeness (QED) is 0.175. The first-order chi connectivity index (χ1) is 26.2. The predicted molar refractivity (Wildman–Crippen MR) is 218 cm³/mol. The van der Waals surface area contributed by atoms with Gasteiger partial charge in [-0.05, 0) is 58.9 Å². The Morgan fingerprint density at radius 3 is 1.98 bits per heavy atom. The van der Waals surface area contributed by atoms with E-state index in [1.54, 1.807) is 0 Å². The van der Waals surface area contributed by atoms with E-state index in [9.17, 15) is 0 Å². The van der Waals surface area contributed by atoms with E-state index in [1.165, 1.54) is 22.3 Å². The van der Waals surface area contributed by atoms with Crippen molar-refractivity contribution in [2.75, 3.05) is 0 Å². The number of rotatable bonds is 6. The molecule has 2 aromatic heterocycles. The summed E-state index contributed by atoms with van der Waals surface area (Å²) in [6, 6.07) is 40.1. The molecule has 0 aliphatic heterocycles. The van der Waals surface area contributed by atoms with Crippen molar-refractivity contribution in [1.29, 1.82) is 0 Å². The maximum atomic E-state index is 6.67. The molecule has 2 heterocycles. The summed E-state index contributed by atoms with van der Waals surface area (Å²) in [5.41, 5.74) is 11.6. The van der Waals surface area contributed by atoms with Gasteiger partial charge in [-0.2, -0.15) is 0 Å². The Balaban J connectivity index is 1.09. The van der Waals surface area contributed by atoms with E-state index in [-0.39, 0.29) is 0 Å². The Bertz CT molecular complexity index is 2710. The highest BCUT2D eigenvalue weighted by Crippen LogP contribution is 2.42. The smallest absolute Gasteiger partial charge is 0.164 e. The van der Waals surface area contributed by atoms with Crippen LogP contribution in [0.15, 0.2) is 180 Å². The maximum absolute atomic E-state index is 6.67. The van der Waals surface area contributed by atoms with Gasteiger partial charge in [0, 0.05) is 44.9 Å². The number of hydrogen-bond acceptors (Lipinski definition) is 4. The lowest BCUT2D eigenvalue weighted by Gasteiger charge is -2.23. The molecule has 10 rings (SSSR count). The van der Waals surface area contributed by atoms with Crippen LogP contribution in [0.2, 0.25) is 0 Å². The average molecular weight is 682 g/mol. The van der Waals surface area contributed by atoms with E-state index in [2.05, 4.69) is 134 Å². The zero-order valence-corrected chi connectivity index (χ0v) is 29.1. The van der Waals surface area contributed by atoms with E-state index < -0.39 is 0 Å². The number of aromatic nitrogens is 3. The number of hydrogen-bond donors (Lipinski definition) is 0. The van der Waals surface area contributed by atoms with Gasteiger partial charge in [0.15, 0.2) is 17.5 Å². The van der Waals surface area contributed by atoms with Crippen molar-refractivity contribution in [2.24, 2.45) is 11.8 Å². The average Bonchev–Trinajstić information content (AvgIpc) is 3.64. The van der Waals surface area contributed by atoms with Crippen LogP contribution in [0.25, 0.3) is 78.4 Å². The summed E-state index contributed by atoms with van der Waals surface area (Å²) in [6.07, 6.45) is 24.4. The Kier molecular flexibility index (Phi) is 7.72. The van der Waals surface area contributed by atoms with E-state index in [4.69, 9.17) is 19.4 Å². The van der Waals surface area contributed by atoms with Crippen LogP contribution < -0.4 is 0 Å². The molecular weight excluding hydrogens is 647 g/mol. The molecule has 7 aromatic rings. The van der Waals surface area contributed by atoms with E-state index in [0.29, 0.717) is 29.3 Å². The van der Waals surface area contributed by atoms with Gasteiger partial charge in [0.2, 0.25) is 0 Å². The minimum atomic E-state index is 0.387. The Morgan fingerprint density at radius 2 is 1.19 bits per heavy atom. The van der Waals surface area contributed by atoms with E-state index >= 15 is 0 Å². The molecule has 0 saturated carbocycles. The first-order valence-corrected chi connectivity index (χ1v) is 18.3. The van der Waals surface area contributed by atoms with E-state index in [0.717, 1.165) is 62.6 Å². The molecule has 0 saturated heterocycles. The topological polar surface area (TPSA) is 51.8 Å². The molecule has 2 unspecified atom stereocenters. The highest BCUT2D eigenvalue weighted by atomic mass is 16.3. The molecule has 53 heavy (non-hydrogen) atoms. The molecule has 0 bridgehead atoms. The predicted octanol–water partition coefficient (Wildman–Crippen LogP) is 12.5. The lowest BCUT2D eigenvalue weighted by Crippen LogP contribution is -2.11. The second-order valence-electron chi connectivity index (χ2n) is 13.9. The molecule has 4 heteroatoms. The molecule has 0 N–H and O–H groups in total. The van der Waals surface area contributed by atoms with Crippen molar-refractivity contribution in [3.05, 3.63) is 187 Å². The summed E-state index contributed by atoms with van der Waals surface area (Å²) in [5.74, 6) is 2.68. The third-order valence-corrected chi connectivity index (χ3v) is 10.6. The van der Waals surface area contributed by atoms with Gasteiger partial charge in [0.25, 0.3) is 0 Å². The molecule has 0 fully saturated rings. The zero-order valence-electron chi connectivity index (χ0n) is 29.1. The molecule has 2 atom stereocenters. The number of furan rings is 1. The lowest BCUT2D eigenvalue weighted by atomic mass is 9.81. The first-order valence-electron chi connectivity index (χ1n) is 18.3. The fraction of sp³-hybridized carbons (Fsp3) is 0.0816. The fourth-order valence-corrected chi connectivity index (χ4v) is 7.77. The molecule has 4 nitrogen and oxygen atoms in total. The molecule has 0 amide bonds. The van der Waals surface area contributed by atoms with Crippen molar-refractivity contribution in [2.45, 2.75) is 12.8 Å². The van der Waals surface area contributed by atoms with Crippen LogP contribution in [-0.2, 0) is 0 Å². The molecule has 252 valence electrons. The molecule has 5 aromatic carbocycles. The first kappa shape index (κ1) is 31.1. The maximum Gasteiger partial charge on any atom is 0.164 e. The van der Waals surface area contributed by atoms with Crippen LogP contribution in [-0.4, -0.2) is 15.0 Å². The second-order valence-corrected chi connectivity index (χ2v) is 13.9.